The average Bonchev–Trinajstić information content (AvgIpc) is 2.40. The van der Waals surface area contributed by atoms with Crippen molar-refractivity contribution in [1.82, 2.24) is 0 Å². The Morgan fingerprint density at radius 2 is 2.17 bits per heavy atom. The Bertz CT molecular complexity index is 185. The number of hydrogen-bond acceptors (Lipinski definition) is 4. The van der Waals surface area contributed by atoms with Crippen LogP contribution in [0.2, 0.25) is 0 Å². The molecular weight excluding hydrogens is 160 g/mol. The van der Waals surface area contributed by atoms with Crippen molar-refractivity contribution in [2.45, 2.75) is 44.6 Å². The van der Waals surface area contributed by atoms with E-state index < -0.39 is 5.79 Å². The SMILES string of the molecule is CC1(C)O[C@@H]2O[C@@H](C=O)C[C@@H]2O1. The highest BCUT2D eigenvalue weighted by atomic mass is 16.8. The minimum Gasteiger partial charge on any atom is -0.342 e. The molecule has 0 saturated carbocycles. The molecule has 2 aliphatic rings. The van der Waals surface area contributed by atoms with E-state index in [0.717, 1.165) is 6.29 Å². The first-order valence-corrected chi connectivity index (χ1v) is 4.07. The topological polar surface area (TPSA) is 44.8 Å². The third-order valence-corrected chi connectivity index (χ3v) is 2.06. The zero-order valence-corrected chi connectivity index (χ0v) is 7.15. The predicted molar refractivity (Wildman–Crippen MR) is 39.4 cm³/mol. The third-order valence-electron chi connectivity index (χ3n) is 2.06. The lowest BCUT2D eigenvalue weighted by molar-refractivity contribution is -0.202. The monoisotopic (exact) mass is 172 g/mol. The van der Waals surface area contributed by atoms with Gasteiger partial charge in [-0.1, -0.05) is 0 Å². The minimum absolute atomic E-state index is 0.0739. The zero-order chi connectivity index (χ0) is 8.77. The van der Waals surface area contributed by atoms with Crippen LogP contribution >= 0.6 is 0 Å². The normalized spacial score (nSPS) is 44.3. The van der Waals surface area contributed by atoms with Crippen LogP contribution in [0.25, 0.3) is 0 Å². The standard InChI is InChI=1S/C8H12O4/c1-8(2)11-6-3-5(4-9)10-7(6)12-8/h4-7H,3H2,1-2H3/t5-,6+,7+/m1/s1. The summed E-state index contributed by atoms with van der Waals surface area (Å²) in [6.07, 6.45) is 0.622. The number of fused-ring (bicyclic) bond motifs is 1. The summed E-state index contributed by atoms with van der Waals surface area (Å²) in [5, 5.41) is 0. The molecule has 0 aliphatic carbocycles. The molecule has 4 nitrogen and oxygen atoms in total. The van der Waals surface area contributed by atoms with Crippen LogP contribution in [0, 0.1) is 0 Å². The van der Waals surface area contributed by atoms with Gasteiger partial charge in [-0.15, -0.1) is 0 Å². The van der Waals surface area contributed by atoms with Gasteiger partial charge in [0.2, 0.25) is 0 Å². The lowest BCUT2D eigenvalue weighted by Gasteiger charge is -2.18. The maximum absolute atomic E-state index is 10.4. The molecule has 2 heterocycles. The Kier molecular flexibility index (Phi) is 1.71. The molecule has 0 aromatic rings. The number of carbonyl (C=O) groups is 1. The van der Waals surface area contributed by atoms with Gasteiger partial charge in [0.25, 0.3) is 0 Å². The van der Waals surface area contributed by atoms with Crippen LogP contribution in [-0.4, -0.2) is 30.6 Å². The highest BCUT2D eigenvalue weighted by Crippen LogP contribution is 2.36. The molecule has 0 bridgehead atoms. The largest absolute Gasteiger partial charge is 0.342 e. The second kappa shape index (κ2) is 2.52. The Balaban J connectivity index is 2.02. The summed E-state index contributed by atoms with van der Waals surface area (Å²) in [6, 6.07) is 0. The summed E-state index contributed by atoms with van der Waals surface area (Å²) in [4.78, 5) is 10.4. The van der Waals surface area contributed by atoms with Gasteiger partial charge < -0.3 is 19.0 Å². The van der Waals surface area contributed by atoms with Gasteiger partial charge in [-0.2, -0.15) is 0 Å². The van der Waals surface area contributed by atoms with Crippen LogP contribution in [-0.2, 0) is 19.0 Å². The molecule has 2 saturated heterocycles. The lowest BCUT2D eigenvalue weighted by atomic mass is 10.2. The molecule has 0 amide bonds. The molecular formula is C8H12O4. The van der Waals surface area contributed by atoms with E-state index in [0.29, 0.717) is 6.42 Å². The number of hydrogen-bond donors (Lipinski definition) is 0. The van der Waals surface area contributed by atoms with Crippen LogP contribution < -0.4 is 0 Å². The van der Waals surface area contributed by atoms with Crippen LogP contribution in [0.5, 0.6) is 0 Å². The molecule has 68 valence electrons. The lowest BCUT2D eigenvalue weighted by Crippen LogP contribution is -2.25. The van der Waals surface area contributed by atoms with E-state index in [1.165, 1.54) is 0 Å². The first kappa shape index (κ1) is 8.16. The van der Waals surface area contributed by atoms with Gasteiger partial charge in [0.1, 0.15) is 18.5 Å². The molecule has 2 rings (SSSR count). The number of rotatable bonds is 1. The first-order valence-electron chi connectivity index (χ1n) is 4.07. The third kappa shape index (κ3) is 1.26. The van der Waals surface area contributed by atoms with Gasteiger partial charge in [-0.3, -0.25) is 0 Å². The summed E-state index contributed by atoms with van der Waals surface area (Å²) in [6.45, 7) is 3.68. The van der Waals surface area contributed by atoms with E-state index in [1.54, 1.807) is 0 Å². The highest BCUT2D eigenvalue weighted by molar-refractivity contribution is 5.56. The van der Waals surface area contributed by atoms with Crippen molar-refractivity contribution in [3.63, 3.8) is 0 Å². The second-order valence-corrected chi connectivity index (χ2v) is 3.59. The highest BCUT2D eigenvalue weighted by Gasteiger charge is 2.48. The number of ether oxygens (including phenoxy) is 3. The summed E-state index contributed by atoms with van der Waals surface area (Å²) in [5.74, 6) is -0.566. The van der Waals surface area contributed by atoms with Crippen molar-refractivity contribution in [2.75, 3.05) is 0 Å². The van der Waals surface area contributed by atoms with E-state index in [1.807, 2.05) is 13.8 Å². The minimum atomic E-state index is -0.566. The molecule has 0 N–H and O–H groups in total. The van der Waals surface area contributed by atoms with Gasteiger partial charge in [0.15, 0.2) is 12.1 Å². The van der Waals surface area contributed by atoms with E-state index in [2.05, 4.69) is 0 Å². The molecule has 0 radical (unpaired) electrons. The molecule has 3 atom stereocenters. The molecule has 0 aromatic carbocycles. The fourth-order valence-corrected chi connectivity index (χ4v) is 1.62. The van der Waals surface area contributed by atoms with Crippen molar-refractivity contribution < 1.29 is 19.0 Å². The smallest absolute Gasteiger partial charge is 0.188 e. The molecule has 0 unspecified atom stereocenters. The predicted octanol–water partition coefficient (Wildman–Crippen LogP) is 0.452. The summed E-state index contributed by atoms with van der Waals surface area (Å²) in [5.41, 5.74) is 0. The molecule has 12 heavy (non-hydrogen) atoms. The quantitative estimate of drug-likeness (QED) is 0.539. The summed E-state index contributed by atoms with van der Waals surface area (Å²) >= 11 is 0. The van der Waals surface area contributed by atoms with Gasteiger partial charge in [-0.05, 0) is 13.8 Å². The molecule has 2 fully saturated rings. The zero-order valence-electron chi connectivity index (χ0n) is 7.15. The molecule has 4 heteroatoms. The van der Waals surface area contributed by atoms with E-state index in [4.69, 9.17) is 14.2 Å². The molecule has 0 spiro atoms. The van der Waals surface area contributed by atoms with Gasteiger partial charge in [0, 0.05) is 6.42 Å². The maximum atomic E-state index is 10.4. The Morgan fingerprint density at radius 1 is 1.42 bits per heavy atom. The molecule has 0 aromatic heterocycles. The average molecular weight is 172 g/mol. The number of aldehydes is 1. The van der Waals surface area contributed by atoms with Crippen molar-refractivity contribution in [3.8, 4) is 0 Å². The fourth-order valence-electron chi connectivity index (χ4n) is 1.62. The van der Waals surface area contributed by atoms with Crippen molar-refractivity contribution in [2.24, 2.45) is 0 Å². The Labute approximate surface area is 70.8 Å². The van der Waals surface area contributed by atoms with Crippen molar-refractivity contribution >= 4 is 6.29 Å². The summed E-state index contributed by atoms with van der Waals surface area (Å²) in [7, 11) is 0. The molecule has 2 aliphatic heterocycles. The Hall–Kier alpha value is -0.450. The first-order chi connectivity index (χ1) is 5.61. The van der Waals surface area contributed by atoms with Gasteiger partial charge in [-0.25, -0.2) is 0 Å². The second-order valence-electron chi connectivity index (χ2n) is 3.59. The van der Waals surface area contributed by atoms with Crippen LogP contribution in [0.3, 0.4) is 0 Å². The van der Waals surface area contributed by atoms with E-state index in [-0.39, 0.29) is 18.5 Å². The van der Waals surface area contributed by atoms with E-state index >= 15 is 0 Å². The van der Waals surface area contributed by atoms with Crippen LogP contribution in [0.1, 0.15) is 20.3 Å². The van der Waals surface area contributed by atoms with Crippen LogP contribution in [0.15, 0.2) is 0 Å². The Morgan fingerprint density at radius 3 is 2.75 bits per heavy atom. The fraction of sp³-hybridized carbons (Fsp3) is 0.875. The van der Waals surface area contributed by atoms with Gasteiger partial charge >= 0.3 is 0 Å². The van der Waals surface area contributed by atoms with Crippen LogP contribution in [0.4, 0.5) is 0 Å². The van der Waals surface area contributed by atoms with E-state index in [9.17, 15) is 4.79 Å². The van der Waals surface area contributed by atoms with Crippen molar-refractivity contribution in [3.05, 3.63) is 0 Å². The van der Waals surface area contributed by atoms with Crippen molar-refractivity contribution in [1.29, 1.82) is 0 Å². The number of carbonyl (C=O) groups excluding carboxylic acids is 1. The summed E-state index contributed by atoms with van der Waals surface area (Å²) < 4.78 is 16.2. The maximum Gasteiger partial charge on any atom is 0.188 e. The van der Waals surface area contributed by atoms with Gasteiger partial charge in [0.05, 0.1) is 0 Å².